The van der Waals surface area contributed by atoms with Crippen molar-refractivity contribution in [2.45, 2.75) is 43.7 Å². The number of ether oxygens (including phenoxy) is 4. The lowest BCUT2D eigenvalue weighted by Gasteiger charge is -2.27. The van der Waals surface area contributed by atoms with Gasteiger partial charge < -0.3 is 28.0 Å². The third-order valence-corrected chi connectivity index (χ3v) is 9.60. The minimum atomic E-state index is -3.85. The Balaban J connectivity index is 1.09. The highest BCUT2D eigenvalue weighted by atomic mass is 31.2. The first-order valence-corrected chi connectivity index (χ1v) is 16.5. The van der Waals surface area contributed by atoms with E-state index < -0.39 is 21.1 Å². The monoisotopic (exact) mass is 612 g/mol. The Labute approximate surface area is 238 Å². The summed E-state index contributed by atoms with van der Waals surface area (Å²) in [7, 11) is -7.70. The van der Waals surface area contributed by atoms with E-state index in [1.807, 2.05) is 24.3 Å². The highest BCUT2D eigenvalue weighted by Crippen LogP contribution is 2.52. The molecule has 0 N–H and O–H groups in total. The molecule has 4 aliphatic rings. The van der Waals surface area contributed by atoms with E-state index >= 15 is 0 Å². The maximum Gasteiger partial charge on any atom is 0.530 e. The molecule has 224 valence electrons. The maximum atomic E-state index is 13.2. The van der Waals surface area contributed by atoms with Gasteiger partial charge in [0, 0.05) is 5.41 Å². The molecule has 4 heterocycles. The largest absolute Gasteiger partial charge is 0.530 e. The van der Waals surface area contributed by atoms with Gasteiger partial charge in [0.25, 0.3) is 0 Å². The molecule has 4 fully saturated rings. The SMILES string of the molecule is CC(C)(c1ccc(OP(=O)(OCC2CO2)OCC2CO2)cc1)c1ccc(OP(=O)(OCC2CO2)OCC2CO2)cc1. The van der Waals surface area contributed by atoms with E-state index in [0.29, 0.717) is 37.9 Å². The van der Waals surface area contributed by atoms with Gasteiger partial charge in [-0.2, -0.15) is 0 Å². The number of epoxide rings is 4. The molecule has 0 aromatic heterocycles. The first-order valence-electron chi connectivity index (χ1n) is 13.5. The minimum Gasteiger partial charge on any atom is -0.404 e. The predicted octanol–water partition coefficient (Wildman–Crippen LogP) is 4.65. The standard InChI is InChI=1S/C27H34O12P2/c1-27(2,19-3-7-21(8-4-19)38-40(28,34-15-23-11-30-23)35-16-24-12-31-24)20-5-9-22(10-6-20)39-41(29,36-17-25-13-32-25)37-18-26-14-33-26/h3-10,23-26H,11-18H2,1-2H3. The first-order chi connectivity index (χ1) is 19.7. The van der Waals surface area contributed by atoms with E-state index in [9.17, 15) is 9.13 Å². The summed E-state index contributed by atoms with van der Waals surface area (Å²) in [6, 6.07) is 14.5. The number of phosphoric ester groups is 2. The molecule has 0 spiro atoms. The van der Waals surface area contributed by atoms with Crippen molar-refractivity contribution < 1.29 is 55.2 Å². The molecule has 0 saturated carbocycles. The third-order valence-electron chi connectivity index (χ3n) is 6.87. The smallest absolute Gasteiger partial charge is 0.404 e. The Morgan fingerprint density at radius 2 is 0.854 bits per heavy atom. The van der Waals surface area contributed by atoms with Gasteiger partial charge in [0.2, 0.25) is 0 Å². The van der Waals surface area contributed by atoms with Crippen LogP contribution in [0.15, 0.2) is 48.5 Å². The van der Waals surface area contributed by atoms with Gasteiger partial charge >= 0.3 is 15.6 Å². The Hall–Kier alpha value is -1.82. The zero-order valence-electron chi connectivity index (χ0n) is 22.9. The van der Waals surface area contributed by atoms with Crippen molar-refractivity contribution in [2.24, 2.45) is 0 Å². The number of rotatable bonds is 18. The normalized spacial score (nSPS) is 27.4. The molecule has 2 aromatic carbocycles. The predicted molar refractivity (Wildman–Crippen MR) is 144 cm³/mol. The fourth-order valence-corrected chi connectivity index (χ4v) is 6.34. The summed E-state index contributed by atoms with van der Waals surface area (Å²) in [4.78, 5) is 0. The van der Waals surface area contributed by atoms with Crippen molar-refractivity contribution in [3.8, 4) is 11.5 Å². The van der Waals surface area contributed by atoms with Gasteiger partial charge in [-0.05, 0) is 35.4 Å². The van der Waals surface area contributed by atoms with Crippen molar-refractivity contribution in [1.29, 1.82) is 0 Å². The molecule has 0 bridgehead atoms. The highest BCUT2D eigenvalue weighted by molar-refractivity contribution is 7.49. The van der Waals surface area contributed by atoms with Crippen molar-refractivity contribution in [3.63, 3.8) is 0 Å². The van der Waals surface area contributed by atoms with Crippen LogP contribution in [0, 0.1) is 0 Å². The molecule has 4 atom stereocenters. The fraction of sp³-hybridized carbons (Fsp3) is 0.556. The van der Waals surface area contributed by atoms with Gasteiger partial charge in [0.1, 0.15) is 35.9 Å². The second-order valence-electron chi connectivity index (χ2n) is 10.8. The fourth-order valence-electron chi connectivity index (χ4n) is 3.82. The van der Waals surface area contributed by atoms with Gasteiger partial charge in [-0.15, -0.1) is 0 Å². The molecule has 41 heavy (non-hydrogen) atoms. The molecule has 4 aliphatic heterocycles. The highest BCUT2D eigenvalue weighted by Gasteiger charge is 2.38. The Morgan fingerprint density at radius 1 is 0.585 bits per heavy atom. The van der Waals surface area contributed by atoms with Crippen LogP contribution >= 0.6 is 15.6 Å². The van der Waals surface area contributed by atoms with Gasteiger partial charge in [0.15, 0.2) is 0 Å². The lowest BCUT2D eigenvalue weighted by molar-refractivity contribution is 0.136. The first kappa shape index (κ1) is 29.3. The van der Waals surface area contributed by atoms with Crippen molar-refractivity contribution in [2.75, 3.05) is 52.9 Å². The van der Waals surface area contributed by atoms with Crippen LogP contribution in [0.3, 0.4) is 0 Å². The number of benzene rings is 2. The van der Waals surface area contributed by atoms with E-state index in [1.165, 1.54) is 0 Å². The van der Waals surface area contributed by atoms with Crippen LogP contribution in [0.25, 0.3) is 0 Å². The second-order valence-corrected chi connectivity index (χ2v) is 13.9. The van der Waals surface area contributed by atoms with E-state index in [-0.39, 0.29) is 50.8 Å². The summed E-state index contributed by atoms with van der Waals surface area (Å²) in [5, 5.41) is 0. The molecule has 2 aromatic rings. The van der Waals surface area contributed by atoms with E-state index in [0.717, 1.165) is 11.1 Å². The number of hydrogen-bond acceptors (Lipinski definition) is 12. The topological polar surface area (TPSA) is 140 Å². The zero-order valence-corrected chi connectivity index (χ0v) is 24.7. The van der Waals surface area contributed by atoms with E-state index in [2.05, 4.69) is 13.8 Å². The lowest BCUT2D eigenvalue weighted by atomic mass is 9.78. The van der Waals surface area contributed by atoms with Gasteiger partial charge in [-0.25, -0.2) is 9.13 Å². The van der Waals surface area contributed by atoms with E-state index in [1.54, 1.807) is 24.3 Å². The van der Waals surface area contributed by atoms with E-state index in [4.69, 9.17) is 46.1 Å². The molecule has 4 unspecified atom stereocenters. The average Bonchev–Trinajstić information content (AvgIpc) is 3.78. The van der Waals surface area contributed by atoms with Crippen molar-refractivity contribution >= 4 is 15.6 Å². The van der Waals surface area contributed by atoms with Crippen molar-refractivity contribution in [3.05, 3.63) is 59.7 Å². The lowest BCUT2D eigenvalue weighted by Crippen LogP contribution is -2.18. The zero-order chi connectivity index (χ0) is 28.5. The van der Waals surface area contributed by atoms with Gasteiger partial charge in [0.05, 0.1) is 52.9 Å². The van der Waals surface area contributed by atoms with Crippen LogP contribution in [0.2, 0.25) is 0 Å². The molecular formula is C27H34O12P2. The van der Waals surface area contributed by atoms with Crippen LogP contribution in [0.5, 0.6) is 11.5 Å². The summed E-state index contributed by atoms with van der Waals surface area (Å²) in [5.41, 5.74) is 1.56. The molecule has 0 amide bonds. The van der Waals surface area contributed by atoms with Gasteiger partial charge in [-0.3, -0.25) is 18.1 Å². The number of hydrogen-bond donors (Lipinski definition) is 0. The second kappa shape index (κ2) is 12.1. The van der Waals surface area contributed by atoms with Crippen LogP contribution < -0.4 is 9.05 Å². The summed E-state index contributed by atoms with van der Waals surface area (Å²) in [6.45, 7) is 6.93. The maximum absolute atomic E-state index is 13.2. The Morgan fingerprint density at radius 3 is 1.10 bits per heavy atom. The number of phosphoric acid groups is 2. The van der Waals surface area contributed by atoms with Crippen LogP contribution in [0.4, 0.5) is 0 Å². The van der Waals surface area contributed by atoms with Crippen LogP contribution in [0.1, 0.15) is 25.0 Å². The third kappa shape index (κ3) is 8.61. The molecule has 4 saturated heterocycles. The minimum absolute atomic E-state index is 0.0886. The van der Waals surface area contributed by atoms with Crippen LogP contribution in [-0.2, 0) is 51.6 Å². The molecule has 0 radical (unpaired) electrons. The van der Waals surface area contributed by atoms with Gasteiger partial charge in [-0.1, -0.05) is 38.1 Å². The molecule has 6 rings (SSSR count). The quantitative estimate of drug-likeness (QED) is 0.171. The molecule has 14 heteroatoms. The average molecular weight is 613 g/mol. The molecule has 0 aliphatic carbocycles. The summed E-state index contributed by atoms with van der Waals surface area (Å²) >= 11 is 0. The summed E-state index contributed by atoms with van der Waals surface area (Å²) < 4.78 is 80.2. The Kier molecular flexibility index (Phi) is 8.60. The summed E-state index contributed by atoms with van der Waals surface area (Å²) in [5.74, 6) is 0.711. The molecular weight excluding hydrogens is 578 g/mol. The summed E-state index contributed by atoms with van der Waals surface area (Å²) in [6.07, 6.45) is -0.354. The van der Waals surface area contributed by atoms with Crippen molar-refractivity contribution in [1.82, 2.24) is 0 Å². The Bertz CT molecular complexity index is 1130. The molecule has 12 nitrogen and oxygen atoms in total. The van der Waals surface area contributed by atoms with Crippen LogP contribution in [-0.4, -0.2) is 77.3 Å².